The normalized spacial score (nSPS) is 14.4. The topological polar surface area (TPSA) is 24.1 Å². The monoisotopic (exact) mass is 218 g/mol. The first-order chi connectivity index (χ1) is 6.45. The highest BCUT2D eigenvalue weighted by molar-refractivity contribution is 7.98. The third kappa shape index (κ3) is 10.4. The molecule has 3 heteroatoms. The molecule has 0 aromatic rings. The number of hydrogen-bond donors (Lipinski definition) is 2. The van der Waals surface area contributed by atoms with Gasteiger partial charge < -0.3 is 10.6 Å². The second kappa shape index (κ2) is 7.55. The van der Waals surface area contributed by atoms with Gasteiger partial charge in [-0.05, 0) is 52.7 Å². The summed E-state index contributed by atoms with van der Waals surface area (Å²) in [6.07, 6.45) is 3.42. The van der Waals surface area contributed by atoms with Crippen LogP contribution in [0.4, 0.5) is 0 Å². The van der Waals surface area contributed by atoms with Crippen LogP contribution < -0.4 is 10.6 Å². The lowest BCUT2D eigenvalue weighted by Crippen LogP contribution is -2.44. The highest BCUT2D eigenvalue weighted by Gasteiger charge is 2.10. The molecule has 86 valence electrons. The molecular formula is C11H26N2S. The molecule has 14 heavy (non-hydrogen) atoms. The number of nitrogens with one attached hydrogen (secondary N) is 2. The minimum Gasteiger partial charge on any atom is -0.313 e. The molecule has 0 rings (SSSR count). The second-order valence-electron chi connectivity index (χ2n) is 4.83. The van der Waals surface area contributed by atoms with Gasteiger partial charge in [0.2, 0.25) is 0 Å². The Morgan fingerprint density at radius 1 is 1.29 bits per heavy atom. The average Bonchev–Trinajstić information content (AvgIpc) is 2.08. The zero-order valence-electron chi connectivity index (χ0n) is 10.3. The minimum absolute atomic E-state index is 0.231. The van der Waals surface area contributed by atoms with Crippen LogP contribution >= 0.6 is 11.8 Å². The summed E-state index contributed by atoms with van der Waals surface area (Å²) in [4.78, 5) is 0. The van der Waals surface area contributed by atoms with E-state index in [9.17, 15) is 0 Å². The maximum Gasteiger partial charge on any atom is 0.0164 e. The van der Waals surface area contributed by atoms with Gasteiger partial charge in [0.15, 0.2) is 0 Å². The molecule has 0 bridgehead atoms. The summed E-state index contributed by atoms with van der Waals surface area (Å²) >= 11 is 1.92. The number of thioether (sulfide) groups is 1. The van der Waals surface area contributed by atoms with E-state index in [0.717, 1.165) is 13.1 Å². The van der Waals surface area contributed by atoms with Crippen LogP contribution in [0.5, 0.6) is 0 Å². The van der Waals surface area contributed by atoms with Crippen molar-refractivity contribution >= 4 is 11.8 Å². The van der Waals surface area contributed by atoms with Crippen molar-refractivity contribution in [2.75, 3.05) is 25.1 Å². The van der Waals surface area contributed by atoms with Crippen molar-refractivity contribution < 1.29 is 0 Å². The first kappa shape index (κ1) is 14.3. The lowest BCUT2D eigenvalue weighted by molar-refractivity contribution is 0.388. The Morgan fingerprint density at radius 2 is 1.93 bits per heavy atom. The Labute approximate surface area is 93.6 Å². The molecule has 0 aromatic carbocycles. The SMILES string of the molecule is CSCCCNC(C)CNC(C)(C)C. The van der Waals surface area contributed by atoms with Crippen molar-refractivity contribution in [2.45, 2.75) is 45.7 Å². The molecule has 0 amide bonds. The van der Waals surface area contributed by atoms with Crippen molar-refractivity contribution in [3.63, 3.8) is 0 Å². The lowest BCUT2D eigenvalue weighted by Gasteiger charge is -2.24. The van der Waals surface area contributed by atoms with Gasteiger partial charge in [-0.3, -0.25) is 0 Å². The van der Waals surface area contributed by atoms with Gasteiger partial charge in [-0.2, -0.15) is 11.8 Å². The molecule has 2 N–H and O–H groups in total. The van der Waals surface area contributed by atoms with Crippen molar-refractivity contribution in [3.05, 3.63) is 0 Å². The van der Waals surface area contributed by atoms with Gasteiger partial charge in [0, 0.05) is 18.1 Å². The predicted octanol–water partition coefficient (Wildman–Crippen LogP) is 2.11. The molecule has 0 aromatic heterocycles. The van der Waals surface area contributed by atoms with Crippen LogP contribution in [0.3, 0.4) is 0 Å². The molecule has 2 nitrogen and oxygen atoms in total. The van der Waals surface area contributed by atoms with Gasteiger partial charge in [-0.25, -0.2) is 0 Å². The predicted molar refractivity (Wildman–Crippen MR) is 68.2 cm³/mol. The Morgan fingerprint density at radius 3 is 2.43 bits per heavy atom. The van der Waals surface area contributed by atoms with Gasteiger partial charge in [-0.1, -0.05) is 0 Å². The van der Waals surface area contributed by atoms with Crippen LogP contribution in [0.2, 0.25) is 0 Å². The van der Waals surface area contributed by atoms with Gasteiger partial charge in [0.05, 0.1) is 0 Å². The van der Waals surface area contributed by atoms with E-state index in [1.165, 1.54) is 12.2 Å². The van der Waals surface area contributed by atoms with Crippen LogP contribution in [0.1, 0.15) is 34.1 Å². The molecule has 0 aliphatic rings. The van der Waals surface area contributed by atoms with Crippen LogP contribution in [0.15, 0.2) is 0 Å². The van der Waals surface area contributed by atoms with Crippen LogP contribution in [-0.2, 0) is 0 Å². The molecule has 0 saturated heterocycles. The summed E-state index contributed by atoms with van der Waals surface area (Å²) in [5.74, 6) is 1.26. The molecule has 0 saturated carbocycles. The molecule has 0 fully saturated rings. The third-order valence-electron chi connectivity index (χ3n) is 1.96. The molecular weight excluding hydrogens is 192 g/mol. The number of hydrogen-bond acceptors (Lipinski definition) is 3. The maximum atomic E-state index is 3.51. The van der Waals surface area contributed by atoms with Gasteiger partial charge >= 0.3 is 0 Å². The lowest BCUT2D eigenvalue weighted by atomic mass is 10.1. The van der Waals surface area contributed by atoms with Gasteiger partial charge in [0.1, 0.15) is 0 Å². The van der Waals surface area contributed by atoms with E-state index in [-0.39, 0.29) is 5.54 Å². The number of rotatable bonds is 7. The highest BCUT2D eigenvalue weighted by Crippen LogP contribution is 1.98. The fraction of sp³-hybridized carbons (Fsp3) is 1.00. The van der Waals surface area contributed by atoms with E-state index < -0.39 is 0 Å². The Hall–Kier alpha value is 0.270. The van der Waals surface area contributed by atoms with E-state index in [0.29, 0.717) is 6.04 Å². The molecule has 1 unspecified atom stereocenters. The molecule has 0 radical (unpaired) electrons. The minimum atomic E-state index is 0.231. The summed E-state index contributed by atoms with van der Waals surface area (Å²) < 4.78 is 0. The van der Waals surface area contributed by atoms with Crippen LogP contribution in [-0.4, -0.2) is 36.7 Å². The molecule has 0 aliphatic carbocycles. The third-order valence-corrected chi connectivity index (χ3v) is 2.65. The fourth-order valence-electron chi connectivity index (χ4n) is 1.10. The smallest absolute Gasteiger partial charge is 0.0164 e. The zero-order chi connectivity index (χ0) is 11.0. The van der Waals surface area contributed by atoms with Crippen molar-refractivity contribution in [1.29, 1.82) is 0 Å². The summed E-state index contributed by atoms with van der Waals surface area (Å²) in [6.45, 7) is 11.0. The fourth-order valence-corrected chi connectivity index (χ4v) is 1.53. The van der Waals surface area contributed by atoms with Crippen molar-refractivity contribution in [3.8, 4) is 0 Å². The van der Waals surface area contributed by atoms with Gasteiger partial charge in [-0.15, -0.1) is 0 Å². The Bertz CT molecular complexity index is 132. The van der Waals surface area contributed by atoms with Gasteiger partial charge in [0.25, 0.3) is 0 Å². The summed E-state index contributed by atoms with van der Waals surface area (Å²) in [5, 5.41) is 7.01. The first-order valence-corrected chi connectivity index (χ1v) is 6.82. The Kier molecular flexibility index (Phi) is 7.69. The summed E-state index contributed by atoms with van der Waals surface area (Å²) in [7, 11) is 0. The quantitative estimate of drug-likeness (QED) is 0.640. The maximum absolute atomic E-state index is 3.51. The summed E-state index contributed by atoms with van der Waals surface area (Å²) in [6, 6.07) is 0.566. The van der Waals surface area contributed by atoms with Crippen molar-refractivity contribution in [1.82, 2.24) is 10.6 Å². The van der Waals surface area contributed by atoms with E-state index >= 15 is 0 Å². The highest BCUT2D eigenvalue weighted by atomic mass is 32.2. The largest absolute Gasteiger partial charge is 0.313 e. The standard InChI is InChI=1S/C11H26N2S/c1-10(9-13-11(2,3)4)12-7-6-8-14-5/h10,12-13H,6-9H2,1-5H3. The molecule has 1 atom stereocenters. The van der Waals surface area contributed by atoms with E-state index in [1.807, 2.05) is 11.8 Å². The summed E-state index contributed by atoms with van der Waals surface area (Å²) in [5.41, 5.74) is 0.231. The molecule has 0 aliphatic heterocycles. The second-order valence-corrected chi connectivity index (χ2v) is 5.82. The first-order valence-electron chi connectivity index (χ1n) is 5.43. The zero-order valence-corrected chi connectivity index (χ0v) is 11.1. The van der Waals surface area contributed by atoms with Crippen LogP contribution in [0.25, 0.3) is 0 Å². The van der Waals surface area contributed by atoms with E-state index in [2.05, 4.69) is 44.6 Å². The van der Waals surface area contributed by atoms with E-state index in [1.54, 1.807) is 0 Å². The van der Waals surface area contributed by atoms with Crippen molar-refractivity contribution in [2.24, 2.45) is 0 Å². The Balaban J connectivity index is 3.32. The van der Waals surface area contributed by atoms with E-state index in [4.69, 9.17) is 0 Å². The molecule has 0 heterocycles. The van der Waals surface area contributed by atoms with Crippen LogP contribution in [0, 0.1) is 0 Å². The average molecular weight is 218 g/mol. The molecule has 0 spiro atoms.